The maximum Gasteiger partial charge on any atom is 0.414 e. The number of carbonyl (C=O) groups excluding carboxylic acids is 3. The number of rotatable bonds is 7. The third kappa shape index (κ3) is 6.03. The number of nitrogens with one attached hydrogen (secondary N) is 3. The van der Waals surface area contributed by atoms with E-state index >= 15 is 8.78 Å². The van der Waals surface area contributed by atoms with Gasteiger partial charge in [0.2, 0.25) is 11.3 Å². The Morgan fingerprint density at radius 3 is 2.61 bits per heavy atom. The fraction of sp³-hybridized carbons (Fsp3) is 0.481. The van der Waals surface area contributed by atoms with Crippen molar-refractivity contribution in [3.05, 3.63) is 63.7 Å². The molecular weight excluding hydrogens is 498 g/mol. The average molecular weight is 531 g/mol. The van der Waals surface area contributed by atoms with Crippen LogP contribution in [0, 0.1) is 0 Å². The van der Waals surface area contributed by atoms with E-state index in [9.17, 15) is 19.2 Å². The first-order valence-electron chi connectivity index (χ1n) is 12.8. The van der Waals surface area contributed by atoms with Crippen LogP contribution < -0.4 is 21.4 Å². The molecule has 1 saturated carbocycles. The molecule has 2 aliphatic carbocycles. The van der Waals surface area contributed by atoms with Crippen LogP contribution >= 0.6 is 0 Å². The summed E-state index contributed by atoms with van der Waals surface area (Å²) in [4.78, 5) is 50.1. The monoisotopic (exact) mass is 530 g/mol. The van der Waals surface area contributed by atoms with Gasteiger partial charge >= 0.3 is 6.09 Å². The zero-order chi connectivity index (χ0) is 27.4. The fourth-order valence-corrected chi connectivity index (χ4v) is 4.81. The Kier molecular flexibility index (Phi) is 8.13. The molecule has 38 heavy (non-hydrogen) atoms. The van der Waals surface area contributed by atoms with E-state index in [2.05, 4.69) is 16.0 Å². The Labute approximate surface area is 219 Å². The van der Waals surface area contributed by atoms with E-state index in [1.165, 1.54) is 38.1 Å². The van der Waals surface area contributed by atoms with Gasteiger partial charge in [-0.3, -0.25) is 19.3 Å². The second-order valence-corrected chi connectivity index (χ2v) is 10.1. The molecule has 204 valence electrons. The van der Waals surface area contributed by atoms with E-state index in [-0.39, 0.29) is 47.9 Å². The predicted octanol–water partition coefficient (Wildman–Crippen LogP) is 3.33. The summed E-state index contributed by atoms with van der Waals surface area (Å²) in [5, 5.41) is 8.18. The second kappa shape index (κ2) is 11.3. The van der Waals surface area contributed by atoms with Crippen molar-refractivity contribution in [1.29, 1.82) is 0 Å². The quantitative estimate of drug-likeness (QED) is 0.498. The van der Waals surface area contributed by atoms with Gasteiger partial charge in [0, 0.05) is 24.2 Å². The summed E-state index contributed by atoms with van der Waals surface area (Å²) in [6, 6.07) is 5.49. The molecule has 1 aliphatic heterocycles. The van der Waals surface area contributed by atoms with Crippen molar-refractivity contribution >= 4 is 23.6 Å². The van der Waals surface area contributed by atoms with Gasteiger partial charge in [-0.1, -0.05) is 25.3 Å². The van der Waals surface area contributed by atoms with Crippen LogP contribution in [0.4, 0.5) is 19.3 Å². The maximum atomic E-state index is 15.5. The summed E-state index contributed by atoms with van der Waals surface area (Å²) in [7, 11) is 0. The van der Waals surface area contributed by atoms with Crippen molar-refractivity contribution in [3.63, 3.8) is 0 Å². The molecule has 1 saturated heterocycles. The van der Waals surface area contributed by atoms with Crippen molar-refractivity contribution in [2.24, 2.45) is 0 Å². The molecule has 1 aromatic carbocycles. The molecule has 2 unspecified atom stereocenters. The third-order valence-corrected chi connectivity index (χ3v) is 7.09. The molecule has 0 spiro atoms. The van der Waals surface area contributed by atoms with Crippen molar-refractivity contribution in [2.75, 3.05) is 18.4 Å². The van der Waals surface area contributed by atoms with Crippen molar-refractivity contribution in [3.8, 4) is 0 Å². The average Bonchev–Trinajstić information content (AvgIpc) is 3.15. The standard InChI is InChI=1S/C27H32F2N4O5/c1-16(34)30-14-20-15-33(26(37)38-20)19-12-23(28)27(2,24(29)13-19)32-21-11-17(7-6-10-22(21)35)25(36)31-18-8-4-3-5-9-18/h6-7,10-13,18,20,23H,3-5,8-9,14-15H2,1-2H3,(H,30,34)(H,31,36)(H,32,35)/t20-,23?,27?/m0/s1. The third-order valence-electron chi connectivity index (χ3n) is 7.09. The minimum Gasteiger partial charge on any atom is -0.442 e. The number of ether oxygens (including phenoxy) is 1. The van der Waals surface area contributed by atoms with E-state index < -0.39 is 35.2 Å². The molecule has 0 bridgehead atoms. The maximum absolute atomic E-state index is 15.5. The Morgan fingerprint density at radius 2 is 1.92 bits per heavy atom. The first kappa shape index (κ1) is 27.3. The molecule has 3 amide bonds. The van der Waals surface area contributed by atoms with E-state index in [0.717, 1.165) is 49.2 Å². The minimum atomic E-state index is -1.98. The van der Waals surface area contributed by atoms with Crippen molar-refractivity contribution in [2.45, 2.75) is 69.8 Å². The van der Waals surface area contributed by atoms with Crippen molar-refractivity contribution in [1.82, 2.24) is 15.5 Å². The molecular formula is C27H32F2N4O5. The Hall–Kier alpha value is -3.76. The van der Waals surface area contributed by atoms with Crippen LogP contribution in [-0.4, -0.2) is 59.8 Å². The van der Waals surface area contributed by atoms with Gasteiger partial charge in [0.1, 0.15) is 23.6 Å². The smallest absolute Gasteiger partial charge is 0.414 e. The van der Waals surface area contributed by atoms with Gasteiger partial charge in [-0.15, -0.1) is 0 Å². The lowest BCUT2D eigenvalue weighted by Crippen LogP contribution is -2.48. The lowest BCUT2D eigenvalue weighted by molar-refractivity contribution is -0.119. The molecule has 1 heterocycles. The van der Waals surface area contributed by atoms with Crippen LogP contribution in [-0.2, 0) is 9.53 Å². The van der Waals surface area contributed by atoms with Gasteiger partial charge in [0.25, 0.3) is 5.91 Å². The highest BCUT2D eigenvalue weighted by Crippen LogP contribution is 2.36. The highest BCUT2D eigenvalue weighted by Gasteiger charge is 2.44. The SMILES string of the molecule is CC(=O)NC[C@H]1CN(C2=CC(F)C(C)(Nc3cc(C(=O)NC4CCCCC4)cccc3=O)C(F)=C2)C(=O)O1. The molecule has 3 N–H and O–H groups in total. The van der Waals surface area contributed by atoms with Gasteiger partial charge in [-0.2, -0.15) is 0 Å². The number of alkyl halides is 1. The predicted molar refractivity (Wildman–Crippen MR) is 137 cm³/mol. The number of nitrogens with zero attached hydrogens (tertiary/aromatic N) is 1. The molecule has 3 atom stereocenters. The Balaban J connectivity index is 1.51. The lowest BCUT2D eigenvalue weighted by Gasteiger charge is -2.35. The molecule has 0 radical (unpaired) electrons. The number of anilines is 1. The molecule has 4 rings (SSSR count). The van der Waals surface area contributed by atoms with Gasteiger partial charge in [0.05, 0.1) is 18.8 Å². The van der Waals surface area contributed by atoms with Crippen LogP contribution in [0.15, 0.2) is 52.7 Å². The van der Waals surface area contributed by atoms with Gasteiger partial charge in [-0.05, 0) is 50.1 Å². The van der Waals surface area contributed by atoms with E-state index in [1.807, 2.05) is 0 Å². The number of hydrogen-bond acceptors (Lipinski definition) is 6. The van der Waals surface area contributed by atoms with Gasteiger partial charge < -0.3 is 20.7 Å². The summed E-state index contributed by atoms with van der Waals surface area (Å²) in [5.41, 5.74) is -2.47. The molecule has 11 heteroatoms. The Bertz CT molecular complexity index is 1230. The topological polar surface area (TPSA) is 117 Å². The summed E-state index contributed by atoms with van der Waals surface area (Å²) in [6.07, 6.45) is 3.62. The highest BCUT2D eigenvalue weighted by atomic mass is 19.1. The van der Waals surface area contributed by atoms with Gasteiger partial charge in [-0.25, -0.2) is 13.6 Å². The minimum absolute atomic E-state index is 0.00425. The largest absolute Gasteiger partial charge is 0.442 e. The molecule has 2 fully saturated rings. The highest BCUT2D eigenvalue weighted by molar-refractivity contribution is 5.95. The second-order valence-electron chi connectivity index (χ2n) is 10.1. The van der Waals surface area contributed by atoms with Crippen LogP contribution in [0.25, 0.3) is 0 Å². The van der Waals surface area contributed by atoms with Crippen LogP contribution in [0.1, 0.15) is 56.3 Å². The number of halogens is 2. The van der Waals surface area contributed by atoms with E-state index in [1.54, 1.807) is 0 Å². The van der Waals surface area contributed by atoms with Gasteiger partial charge in [0.15, 0.2) is 0 Å². The zero-order valence-electron chi connectivity index (χ0n) is 21.4. The molecule has 0 aromatic heterocycles. The summed E-state index contributed by atoms with van der Waals surface area (Å²) in [6.45, 7) is 2.66. The normalized spacial score (nSPS) is 25.7. The number of carbonyl (C=O) groups is 3. The summed E-state index contributed by atoms with van der Waals surface area (Å²) in [5.74, 6) is -1.60. The molecule has 9 nitrogen and oxygen atoms in total. The number of allylic oxidation sites excluding steroid dienone is 1. The molecule has 3 aliphatic rings. The fourth-order valence-electron chi connectivity index (χ4n) is 4.81. The molecule has 1 aromatic rings. The van der Waals surface area contributed by atoms with Crippen LogP contribution in [0.3, 0.4) is 0 Å². The number of cyclic esters (lactones) is 1. The van der Waals surface area contributed by atoms with Crippen molar-refractivity contribution < 1.29 is 27.9 Å². The van der Waals surface area contributed by atoms with Crippen LogP contribution in [0.5, 0.6) is 0 Å². The first-order valence-corrected chi connectivity index (χ1v) is 12.8. The zero-order valence-corrected chi connectivity index (χ0v) is 21.4. The first-order chi connectivity index (χ1) is 18.1. The van der Waals surface area contributed by atoms with E-state index in [0.29, 0.717) is 0 Å². The van der Waals surface area contributed by atoms with E-state index in [4.69, 9.17) is 4.74 Å². The number of amides is 3. The Morgan fingerprint density at radius 1 is 1.18 bits per heavy atom. The summed E-state index contributed by atoms with van der Waals surface area (Å²) >= 11 is 0. The van der Waals surface area contributed by atoms with Crippen LogP contribution in [0.2, 0.25) is 0 Å². The lowest BCUT2D eigenvalue weighted by atomic mass is 9.88. The number of hydrogen-bond donors (Lipinski definition) is 3. The summed E-state index contributed by atoms with van der Waals surface area (Å²) < 4.78 is 36.1.